The molecule has 0 atom stereocenters. The summed E-state index contributed by atoms with van der Waals surface area (Å²) in [6.45, 7) is 4.74. The molecule has 0 fully saturated rings. The summed E-state index contributed by atoms with van der Waals surface area (Å²) in [5, 5.41) is 7.84. The number of hydrogen-bond donors (Lipinski definition) is 0. The Labute approximate surface area is 325 Å². The topological polar surface area (TPSA) is 3.24 Å². The molecule has 0 saturated heterocycles. The van der Waals surface area contributed by atoms with Crippen molar-refractivity contribution in [1.29, 1.82) is 0 Å². The van der Waals surface area contributed by atoms with E-state index in [0.29, 0.717) is 0 Å². The zero-order valence-electron chi connectivity index (χ0n) is 30.8. The molecular weight excluding hydrogens is 683 g/mol. The second-order valence-corrected chi connectivity index (χ2v) is 16.3. The van der Waals surface area contributed by atoms with Gasteiger partial charge in [0.15, 0.2) is 0 Å². The highest BCUT2D eigenvalue weighted by Gasteiger charge is 2.36. The van der Waals surface area contributed by atoms with Crippen LogP contribution in [0.2, 0.25) is 0 Å². The Balaban J connectivity index is 1.22. The molecule has 2 heteroatoms. The third-order valence-corrected chi connectivity index (χ3v) is 13.1. The molecule has 11 rings (SSSR count). The van der Waals surface area contributed by atoms with Gasteiger partial charge in [-0.1, -0.05) is 166 Å². The van der Waals surface area contributed by atoms with Crippen molar-refractivity contribution < 1.29 is 0 Å². The fourth-order valence-electron chi connectivity index (χ4n) is 9.17. The number of nitrogens with zero attached hydrogens (tertiary/aromatic N) is 1. The molecule has 260 valence electrons. The molecule has 1 aromatic heterocycles. The van der Waals surface area contributed by atoms with Gasteiger partial charge in [-0.2, -0.15) is 0 Å². The van der Waals surface area contributed by atoms with Crippen molar-refractivity contribution in [1.82, 2.24) is 0 Å². The SMILES string of the molecule is CC1(C)c2ccccc2-c2ccc(N(c3ccc(-c4ccccc4)cc3)c3cc(-c4ccccc4)c4sc5c6ccccc6c6ccccc6c5c4c3)cc21. The van der Waals surface area contributed by atoms with E-state index in [1.54, 1.807) is 0 Å². The molecule has 1 nitrogen and oxygen atoms in total. The van der Waals surface area contributed by atoms with E-state index in [4.69, 9.17) is 0 Å². The summed E-state index contributed by atoms with van der Waals surface area (Å²) < 4.78 is 2.66. The molecule has 0 radical (unpaired) electrons. The van der Waals surface area contributed by atoms with Gasteiger partial charge in [-0.05, 0) is 91.5 Å². The van der Waals surface area contributed by atoms with Gasteiger partial charge >= 0.3 is 0 Å². The zero-order valence-corrected chi connectivity index (χ0v) is 31.6. The van der Waals surface area contributed by atoms with Crippen LogP contribution >= 0.6 is 11.3 Å². The first-order valence-corrected chi connectivity index (χ1v) is 19.9. The van der Waals surface area contributed by atoms with Gasteiger partial charge in [-0.25, -0.2) is 0 Å². The van der Waals surface area contributed by atoms with Crippen molar-refractivity contribution >= 4 is 70.1 Å². The van der Waals surface area contributed by atoms with E-state index >= 15 is 0 Å². The largest absolute Gasteiger partial charge is 0.310 e. The van der Waals surface area contributed by atoms with Crippen molar-refractivity contribution in [2.24, 2.45) is 0 Å². The van der Waals surface area contributed by atoms with Crippen LogP contribution in [0, 0.1) is 0 Å². The third kappa shape index (κ3) is 4.92. The van der Waals surface area contributed by atoms with Crippen LogP contribution in [-0.2, 0) is 5.41 Å². The van der Waals surface area contributed by atoms with Crippen molar-refractivity contribution in [2.45, 2.75) is 19.3 Å². The zero-order chi connectivity index (χ0) is 36.7. The van der Waals surface area contributed by atoms with Crippen LogP contribution in [0.4, 0.5) is 17.1 Å². The van der Waals surface area contributed by atoms with Crippen LogP contribution in [0.1, 0.15) is 25.0 Å². The molecule has 0 spiro atoms. The van der Waals surface area contributed by atoms with Gasteiger partial charge in [0.2, 0.25) is 0 Å². The number of fused-ring (bicyclic) bond motifs is 11. The van der Waals surface area contributed by atoms with Gasteiger partial charge in [0, 0.05) is 53.6 Å². The predicted molar refractivity (Wildman–Crippen MR) is 237 cm³/mol. The molecule has 0 N–H and O–H groups in total. The molecule has 0 unspecified atom stereocenters. The Morgan fingerprint density at radius 3 is 1.67 bits per heavy atom. The van der Waals surface area contributed by atoms with E-state index in [1.165, 1.54) is 86.2 Å². The summed E-state index contributed by atoms with van der Waals surface area (Å²) in [5.41, 5.74) is 13.6. The van der Waals surface area contributed by atoms with E-state index < -0.39 is 0 Å². The molecule has 1 aliphatic rings. The van der Waals surface area contributed by atoms with Gasteiger partial charge in [0.25, 0.3) is 0 Å². The van der Waals surface area contributed by atoms with Gasteiger partial charge < -0.3 is 4.90 Å². The molecule has 9 aromatic carbocycles. The van der Waals surface area contributed by atoms with E-state index in [-0.39, 0.29) is 5.41 Å². The number of thiophene rings is 1. The fourth-order valence-corrected chi connectivity index (χ4v) is 10.5. The first-order valence-electron chi connectivity index (χ1n) is 19.1. The smallest absolute Gasteiger partial charge is 0.0475 e. The van der Waals surface area contributed by atoms with E-state index in [1.807, 2.05) is 11.3 Å². The summed E-state index contributed by atoms with van der Waals surface area (Å²) in [5.74, 6) is 0. The highest BCUT2D eigenvalue weighted by Crippen LogP contribution is 2.53. The molecule has 10 aromatic rings. The Hall–Kier alpha value is -6.48. The Morgan fingerprint density at radius 1 is 0.364 bits per heavy atom. The van der Waals surface area contributed by atoms with Crippen molar-refractivity contribution in [3.05, 3.63) is 199 Å². The molecule has 1 heterocycles. The van der Waals surface area contributed by atoms with E-state index in [9.17, 15) is 0 Å². The highest BCUT2D eigenvalue weighted by atomic mass is 32.1. The Bertz CT molecular complexity index is 3100. The first kappa shape index (κ1) is 32.0. The van der Waals surface area contributed by atoms with Crippen LogP contribution in [0.5, 0.6) is 0 Å². The number of anilines is 3. The Morgan fingerprint density at radius 2 is 0.927 bits per heavy atom. The highest BCUT2D eigenvalue weighted by molar-refractivity contribution is 7.27. The lowest BCUT2D eigenvalue weighted by Crippen LogP contribution is -2.16. The minimum absolute atomic E-state index is 0.118. The second-order valence-electron chi connectivity index (χ2n) is 15.3. The quantitative estimate of drug-likeness (QED) is 0.160. The summed E-state index contributed by atoms with van der Waals surface area (Å²) in [4.78, 5) is 2.48. The second kappa shape index (κ2) is 12.3. The molecular formula is C53H37NS. The van der Waals surface area contributed by atoms with Gasteiger partial charge in [0.1, 0.15) is 0 Å². The number of hydrogen-bond acceptors (Lipinski definition) is 2. The van der Waals surface area contributed by atoms with Crippen LogP contribution in [-0.4, -0.2) is 0 Å². The van der Waals surface area contributed by atoms with E-state index in [0.717, 1.165) is 17.1 Å². The van der Waals surface area contributed by atoms with Gasteiger partial charge in [0.05, 0.1) is 0 Å². The summed E-state index contributed by atoms with van der Waals surface area (Å²) >= 11 is 1.93. The van der Waals surface area contributed by atoms with E-state index in [2.05, 4.69) is 207 Å². The summed E-state index contributed by atoms with van der Waals surface area (Å²) in [6, 6.07) is 69.5. The van der Waals surface area contributed by atoms with Crippen molar-refractivity contribution in [3.8, 4) is 33.4 Å². The molecule has 0 saturated carbocycles. The number of rotatable bonds is 5. The maximum Gasteiger partial charge on any atom is 0.0475 e. The molecule has 1 aliphatic carbocycles. The van der Waals surface area contributed by atoms with Crippen LogP contribution in [0.25, 0.3) is 75.1 Å². The molecule has 55 heavy (non-hydrogen) atoms. The first-order chi connectivity index (χ1) is 27.0. The predicted octanol–water partition coefficient (Wildman–Crippen LogP) is 15.5. The van der Waals surface area contributed by atoms with Gasteiger partial charge in [-0.15, -0.1) is 11.3 Å². The third-order valence-electron chi connectivity index (χ3n) is 11.8. The monoisotopic (exact) mass is 719 g/mol. The normalized spacial score (nSPS) is 13.1. The average molecular weight is 720 g/mol. The minimum Gasteiger partial charge on any atom is -0.310 e. The van der Waals surface area contributed by atoms with Crippen molar-refractivity contribution in [3.63, 3.8) is 0 Å². The molecule has 0 bridgehead atoms. The van der Waals surface area contributed by atoms with Crippen molar-refractivity contribution in [2.75, 3.05) is 4.90 Å². The molecule has 0 aliphatic heterocycles. The maximum atomic E-state index is 2.48. The summed E-state index contributed by atoms with van der Waals surface area (Å²) in [7, 11) is 0. The van der Waals surface area contributed by atoms with Gasteiger partial charge in [-0.3, -0.25) is 0 Å². The fraction of sp³-hybridized carbons (Fsp3) is 0.0566. The average Bonchev–Trinajstić information content (AvgIpc) is 3.74. The number of benzene rings is 9. The standard InChI is InChI=1S/C53H37NS/c1-53(2)48-24-14-13-21-42(48)43-30-29-38(33-49(43)53)54(37-27-25-35(26-28-37)34-15-5-3-6-16-34)39-31-46(36-17-7-4-8-18-36)51-47(32-39)50-44-22-11-9-19-40(44)41-20-10-12-23-45(41)52(50)55-51/h3-33H,1-2H3. The molecule has 0 amide bonds. The minimum atomic E-state index is -0.118. The lowest BCUT2D eigenvalue weighted by atomic mass is 9.82. The lowest BCUT2D eigenvalue weighted by Gasteiger charge is -2.29. The summed E-state index contributed by atoms with van der Waals surface area (Å²) in [6.07, 6.45) is 0. The Kier molecular flexibility index (Phi) is 7.14. The van der Waals surface area contributed by atoms with Crippen LogP contribution in [0.15, 0.2) is 188 Å². The van der Waals surface area contributed by atoms with Crippen LogP contribution in [0.3, 0.4) is 0 Å². The maximum absolute atomic E-state index is 2.48. The lowest BCUT2D eigenvalue weighted by molar-refractivity contribution is 0.660. The van der Waals surface area contributed by atoms with Crippen LogP contribution < -0.4 is 4.90 Å².